The first-order valence-corrected chi connectivity index (χ1v) is 7.23. The van der Waals surface area contributed by atoms with Crippen LogP contribution in [0.5, 0.6) is 0 Å². The summed E-state index contributed by atoms with van der Waals surface area (Å²) in [5.74, 6) is -0.600. The van der Waals surface area contributed by atoms with Crippen LogP contribution in [-0.4, -0.2) is 16.9 Å². The van der Waals surface area contributed by atoms with E-state index in [0.29, 0.717) is 5.15 Å². The van der Waals surface area contributed by atoms with E-state index in [1.165, 1.54) is 0 Å². The number of hydrogen-bond donors (Lipinski definition) is 0. The lowest BCUT2D eigenvalue weighted by molar-refractivity contribution is -0.298. The van der Waals surface area contributed by atoms with Gasteiger partial charge in [-0.1, -0.05) is 29.8 Å². The van der Waals surface area contributed by atoms with E-state index in [0.717, 1.165) is 22.9 Å². The summed E-state index contributed by atoms with van der Waals surface area (Å²) in [4.78, 5) is 4.47. The Morgan fingerprint density at radius 3 is 2.75 bits per heavy atom. The van der Waals surface area contributed by atoms with E-state index >= 15 is 0 Å². The van der Waals surface area contributed by atoms with E-state index in [1.54, 1.807) is 0 Å². The second-order valence-electron chi connectivity index (χ2n) is 5.73. The fourth-order valence-corrected chi connectivity index (χ4v) is 3.04. The Labute approximate surface area is 123 Å². The number of pyridine rings is 1. The third-order valence-electron chi connectivity index (χ3n) is 3.51. The van der Waals surface area contributed by atoms with Gasteiger partial charge in [0.1, 0.15) is 5.15 Å². The molecule has 20 heavy (non-hydrogen) atoms. The number of benzene rings is 1. The molecule has 1 saturated heterocycles. The molecule has 106 valence electrons. The van der Waals surface area contributed by atoms with Gasteiger partial charge < -0.3 is 9.47 Å². The summed E-state index contributed by atoms with van der Waals surface area (Å²) in [5, 5.41) is 1.59. The summed E-state index contributed by atoms with van der Waals surface area (Å²) in [6, 6.07) is 10.0. The van der Waals surface area contributed by atoms with Gasteiger partial charge >= 0.3 is 0 Å². The van der Waals surface area contributed by atoms with E-state index in [1.807, 2.05) is 38.1 Å². The number of halogens is 1. The molecule has 0 aliphatic carbocycles. The number of para-hydroxylation sites is 1. The van der Waals surface area contributed by atoms with Crippen LogP contribution in [0.25, 0.3) is 10.9 Å². The fourth-order valence-electron chi connectivity index (χ4n) is 2.78. The highest BCUT2D eigenvalue weighted by Crippen LogP contribution is 2.38. The van der Waals surface area contributed by atoms with Crippen molar-refractivity contribution in [2.24, 2.45) is 0 Å². The van der Waals surface area contributed by atoms with Gasteiger partial charge in [-0.15, -0.1) is 0 Å². The van der Waals surface area contributed by atoms with Crippen molar-refractivity contribution in [1.82, 2.24) is 4.98 Å². The summed E-state index contributed by atoms with van der Waals surface area (Å²) in [6.45, 7) is 5.91. The lowest BCUT2D eigenvalue weighted by Crippen LogP contribution is -2.40. The second-order valence-corrected chi connectivity index (χ2v) is 6.09. The van der Waals surface area contributed by atoms with Crippen LogP contribution in [0, 0.1) is 0 Å². The summed E-state index contributed by atoms with van der Waals surface area (Å²) in [7, 11) is 0. The SMILES string of the molecule is C[C@@H]1C[C@@H](c2cc3ccccc3nc2Cl)OC(C)(C)O1. The normalized spacial score (nSPS) is 25.8. The maximum absolute atomic E-state index is 6.35. The molecule has 1 fully saturated rings. The van der Waals surface area contributed by atoms with Gasteiger partial charge in [0.05, 0.1) is 17.7 Å². The molecule has 0 bridgehead atoms. The summed E-state index contributed by atoms with van der Waals surface area (Å²) in [6.07, 6.45) is 0.827. The Hall–Kier alpha value is -1.16. The number of nitrogens with zero attached hydrogens (tertiary/aromatic N) is 1. The number of rotatable bonds is 1. The molecule has 0 spiro atoms. The molecular formula is C16H18ClNO2. The molecule has 2 atom stereocenters. The number of aromatic nitrogens is 1. The minimum Gasteiger partial charge on any atom is -0.347 e. The van der Waals surface area contributed by atoms with Crippen molar-refractivity contribution in [2.75, 3.05) is 0 Å². The molecule has 3 nitrogen and oxygen atoms in total. The molecule has 0 unspecified atom stereocenters. The zero-order valence-corrected chi connectivity index (χ0v) is 12.6. The van der Waals surface area contributed by atoms with Crippen LogP contribution in [0.4, 0.5) is 0 Å². The first kappa shape index (κ1) is 13.8. The molecule has 0 N–H and O–H groups in total. The lowest BCUT2D eigenvalue weighted by Gasteiger charge is -2.39. The van der Waals surface area contributed by atoms with Crippen LogP contribution in [0.1, 0.15) is 38.9 Å². The van der Waals surface area contributed by atoms with Gasteiger partial charge in [-0.2, -0.15) is 0 Å². The maximum atomic E-state index is 6.35. The first-order chi connectivity index (χ1) is 9.44. The fraction of sp³-hybridized carbons (Fsp3) is 0.438. The topological polar surface area (TPSA) is 31.4 Å². The number of ether oxygens (including phenoxy) is 2. The Morgan fingerprint density at radius 1 is 1.25 bits per heavy atom. The van der Waals surface area contributed by atoms with E-state index < -0.39 is 5.79 Å². The highest BCUT2D eigenvalue weighted by Gasteiger charge is 2.35. The van der Waals surface area contributed by atoms with Crippen molar-refractivity contribution in [3.63, 3.8) is 0 Å². The molecule has 0 radical (unpaired) electrons. The molecule has 1 aromatic heterocycles. The van der Waals surface area contributed by atoms with Crippen LogP contribution >= 0.6 is 11.6 Å². The third kappa shape index (κ3) is 2.66. The quantitative estimate of drug-likeness (QED) is 0.725. The zero-order chi connectivity index (χ0) is 14.3. The van der Waals surface area contributed by atoms with Crippen LogP contribution < -0.4 is 0 Å². The molecule has 4 heteroatoms. The Balaban J connectivity index is 2.03. The van der Waals surface area contributed by atoms with Gasteiger partial charge in [-0.3, -0.25) is 0 Å². The third-order valence-corrected chi connectivity index (χ3v) is 3.81. The van der Waals surface area contributed by atoms with Crippen molar-refractivity contribution in [2.45, 2.75) is 45.2 Å². The Morgan fingerprint density at radius 2 is 2.00 bits per heavy atom. The predicted molar refractivity (Wildman–Crippen MR) is 79.8 cm³/mol. The molecular weight excluding hydrogens is 274 g/mol. The molecule has 2 heterocycles. The van der Waals surface area contributed by atoms with Gasteiger partial charge in [-0.05, 0) is 32.9 Å². The predicted octanol–water partition coefficient (Wildman–Crippen LogP) is 4.49. The van der Waals surface area contributed by atoms with Crippen molar-refractivity contribution in [3.8, 4) is 0 Å². The minimum atomic E-state index is -0.600. The summed E-state index contributed by atoms with van der Waals surface area (Å²) < 4.78 is 11.8. The van der Waals surface area contributed by atoms with E-state index in [-0.39, 0.29) is 12.2 Å². The van der Waals surface area contributed by atoms with E-state index in [4.69, 9.17) is 21.1 Å². The molecule has 0 amide bonds. The monoisotopic (exact) mass is 291 g/mol. The van der Waals surface area contributed by atoms with Crippen molar-refractivity contribution < 1.29 is 9.47 Å². The van der Waals surface area contributed by atoms with Crippen LogP contribution in [-0.2, 0) is 9.47 Å². The zero-order valence-electron chi connectivity index (χ0n) is 11.9. The van der Waals surface area contributed by atoms with Crippen molar-refractivity contribution >= 4 is 22.5 Å². The average Bonchev–Trinajstić information content (AvgIpc) is 2.35. The maximum Gasteiger partial charge on any atom is 0.163 e. The molecule has 3 rings (SSSR count). The molecule has 0 saturated carbocycles. The van der Waals surface area contributed by atoms with Gasteiger partial charge in [0.2, 0.25) is 0 Å². The summed E-state index contributed by atoms with van der Waals surface area (Å²) >= 11 is 6.35. The molecule has 1 aromatic carbocycles. The minimum absolute atomic E-state index is 0.0849. The number of fused-ring (bicyclic) bond motifs is 1. The van der Waals surface area contributed by atoms with Gasteiger partial charge in [-0.25, -0.2) is 4.98 Å². The van der Waals surface area contributed by atoms with E-state index in [2.05, 4.69) is 18.0 Å². The van der Waals surface area contributed by atoms with Crippen LogP contribution in [0.2, 0.25) is 5.15 Å². The van der Waals surface area contributed by atoms with E-state index in [9.17, 15) is 0 Å². The van der Waals surface area contributed by atoms with Crippen LogP contribution in [0.15, 0.2) is 30.3 Å². The average molecular weight is 292 g/mol. The first-order valence-electron chi connectivity index (χ1n) is 6.85. The second kappa shape index (κ2) is 4.99. The highest BCUT2D eigenvalue weighted by atomic mass is 35.5. The lowest BCUT2D eigenvalue weighted by atomic mass is 10.0. The van der Waals surface area contributed by atoms with Crippen molar-refractivity contribution in [1.29, 1.82) is 0 Å². The standard InChI is InChI=1S/C16H18ClNO2/c1-10-8-14(20-16(2,3)19-10)12-9-11-6-4-5-7-13(11)18-15(12)17/h4-7,9-10,14H,8H2,1-3H3/t10-,14+/m1/s1. The van der Waals surface area contributed by atoms with Gasteiger partial charge in [0.25, 0.3) is 0 Å². The molecule has 1 aliphatic rings. The summed E-state index contributed by atoms with van der Waals surface area (Å²) in [5.41, 5.74) is 1.84. The Kier molecular flexibility index (Phi) is 3.44. The van der Waals surface area contributed by atoms with Crippen molar-refractivity contribution in [3.05, 3.63) is 41.0 Å². The van der Waals surface area contributed by atoms with Gasteiger partial charge in [0.15, 0.2) is 5.79 Å². The smallest absolute Gasteiger partial charge is 0.163 e. The highest BCUT2D eigenvalue weighted by molar-refractivity contribution is 6.30. The molecule has 1 aliphatic heterocycles. The van der Waals surface area contributed by atoms with Gasteiger partial charge in [0, 0.05) is 17.4 Å². The Bertz CT molecular complexity index is 641. The number of hydrogen-bond acceptors (Lipinski definition) is 3. The van der Waals surface area contributed by atoms with Crippen LogP contribution in [0.3, 0.4) is 0 Å². The molecule has 2 aromatic rings. The largest absolute Gasteiger partial charge is 0.347 e.